The molecule has 2 aliphatic rings. The monoisotopic (exact) mass is 277 g/mol. The summed E-state index contributed by atoms with van der Waals surface area (Å²) in [5, 5.41) is 0. The summed E-state index contributed by atoms with van der Waals surface area (Å²) in [6.07, 6.45) is 13.6. The Morgan fingerprint density at radius 1 is 1.33 bits per heavy atom. The molecule has 2 aromatic heterocycles. The van der Waals surface area contributed by atoms with Crippen LogP contribution in [0.5, 0.6) is 0 Å². The van der Waals surface area contributed by atoms with Gasteiger partial charge in [-0.3, -0.25) is 15.4 Å². The van der Waals surface area contributed by atoms with Crippen molar-refractivity contribution in [3.05, 3.63) is 60.3 Å². The lowest BCUT2D eigenvalue weighted by atomic mass is 10.2. The summed E-state index contributed by atoms with van der Waals surface area (Å²) < 4.78 is 2.00. The quantitative estimate of drug-likeness (QED) is 0.936. The Balaban J connectivity index is 1.55. The molecule has 3 heterocycles. The number of imidazole rings is 1. The van der Waals surface area contributed by atoms with Gasteiger partial charge in [0.1, 0.15) is 11.7 Å². The highest BCUT2D eigenvalue weighted by Crippen LogP contribution is 2.22. The molecule has 0 radical (unpaired) electrons. The van der Waals surface area contributed by atoms with Crippen molar-refractivity contribution in [2.75, 3.05) is 12.0 Å². The number of pyridine rings is 1. The molecule has 1 N–H and O–H groups in total. The summed E-state index contributed by atoms with van der Waals surface area (Å²) in [7, 11) is 0. The second-order valence-electron chi connectivity index (χ2n) is 5.15. The van der Waals surface area contributed by atoms with E-state index >= 15 is 0 Å². The number of fused-ring (bicyclic) bond motifs is 1. The van der Waals surface area contributed by atoms with E-state index in [9.17, 15) is 0 Å². The molecule has 0 amide bonds. The summed E-state index contributed by atoms with van der Waals surface area (Å²) in [4.78, 5) is 13.3. The maximum atomic E-state index is 4.65. The van der Waals surface area contributed by atoms with Crippen LogP contribution in [-0.2, 0) is 6.42 Å². The minimum Gasteiger partial charge on any atom is -0.279 e. The molecule has 0 aromatic carbocycles. The van der Waals surface area contributed by atoms with Gasteiger partial charge in [0.05, 0.1) is 24.9 Å². The molecule has 0 spiro atoms. The van der Waals surface area contributed by atoms with Crippen molar-refractivity contribution in [3.63, 3.8) is 0 Å². The Morgan fingerprint density at radius 2 is 2.33 bits per heavy atom. The average Bonchev–Trinajstić information content (AvgIpc) is 3.22. The van der Waals surface area contributed by atoms with Crippen LogP contribution in [0.2, 0.25) is 0 Å². The predicted molar refractivity (Wildman–Crippen MR) is 82.7 cm³/mol. The zero-order valence-electron chi connectivity index (χ0n) is 11.5. The fraction of sp³-hybridized carbons (Fsp3) is 0.188. The Hall–Kier alpha value is -2.69. The van der Waals surface area contributed by atoms with Gasteiger partial charge in [-0.05, 0) is 24.1 Å². The maximum absolute atomic E-state index is 4.65. The first-order valence-corrected chi connectivity index (χ1v) is 7.02. The third-order valence-electron chi connectivity index (χ3n) is 3.68. The Morgan fingerprint density at radius 3 is 3.14 bits per heavy atom. The van der Waals surface area contributed by atoms with Crippen LogP contribution >= 0.6 is 0 Å². The van der Waals surface area contributed by atoms with Crippen LogP contribution in [0, 0.1) is 0 Å². The van der Waals surface area contributed by atoms with Gasteiger partial charge in [0.2, 0.25) is 0 Å². The van der Waals surface area contributed by atoms with Gasteiger partial charge in [0.25, 0.3) is 0 Å². The zero-order valence-corrected chi connectivity index (χ0v) is 11.5. The van der Waals surface area contributed by atoms with Gasteiger partial charge in [-0.1, -0.05) is 18.2 Å². The first kappa shape index (κ1) is 12.1. The van der Waals surface area contributed by atoms with Gasteiger partial charge < -0.3 is 0 Å². The van der Waals surface area contributed by atoms with E-state index in [0.29, 0.717) is 0 Å². The Bertz CT molecular complexity index is 752. The third kappa shape index (κ3) is 2.27. The van der Waals surface area contributed by atoms with Crippen LogP contribution in [0.4, 0.5) is 0 Å². The van der Waals surface area contributed by atoms with Crippen LogP contribution in [0.3, 0.4) is 0 Å². The molecular formula is C16H15N5. The fourth-order valence-corrected chi connectivity index (χ4v) is 2.57. The highest BCUT2D eigenvalue weighted by molar-refractivity contribution is 5.94. The highest BCUT2D eigenvalue weighted by Gasteiger charge is 2.21. The normalized spacial score (nSPS) is 17.9. The fourth-order valence-electron chi connectivity index (χ4n) is 2.57. The minimum atomic E-state index is 0.751. The standard InChI is InChI=1S/C16H15N5/c1-2-5-12(4-1)9-18-15-8-16-19-11-14(21(16)20-15)13-6-3-7-17-10-13/h1-4,6-7,10-11H,5,8-9H2,(H,18,20). The molecule has 21 heavy (non-hydrogen) atoms. The Labute approximate surface area is 122 Å². The lowest BCUT2D eigenvalue weighted by Gasteiger charge is -2.06. The van der Waals surface area contributed by atoms with E-state index in [0.717, 1.165) is 42.3 Å². The molecule has 2 aromatic rings. The van der Waals surface area contributed by atoms with Gasteiger partial charge in [0, 0.05) is 18.0 Å². The van der Waals surface area contributed by atoms with Gasteiger partial charge in [-0.15, -0.1) is 0 Å². The topological polar surface area (TPSA) is 55.1 Å². The summed E-state index contributed by atoms with van der Waals surface area (Å²) in [5.74, 6) is 1.96. The maximum Gasteiger partial charge on any atom is 0.136 e. The third-order valence-corrected chi connectivity index (χ3v) is 3.68. The molecule has 1 aliphatic heterocycles. The van der Waals surface area contributed by atoms with Crippen LogP contribution in [0.25, 0.3) is 11.3 Å². The second-order valence-corrected chi connectivity index (χ2v) is 5.15. The molecule has 5 nitrogen and oxygen atoms in total. The van der Waals surface area contributed by atoms with Gasteiger partial charge in [-0.25, -0.2) is 9.66 Å². The summed E-state index contributed by atoms with van der Waals surface area (Å²) >= 11 is 0. The second kappa shape index (κ2) is 5.01. The van der Waals surface area contributed by atoms with E-state index in [1.54, 1.807) is 6.20 Å². The number of rotatable bonds is 3. The van der Waals surface area contributed by atoms with Crippen molar-refractivity contribution < 1.29 is 0 Å². The van der Waals surface area contributed by atoms with Crippen molar-refractivity contribution in [2.24, 2.45) is 4.99 Å². The molecule has 0 bridgehead atoms. The van der Waals surface area contributed by atoms with Gasteiger partial charge in [-0.2, -0.15) is 0 Å². The number of hydrogen-bond acceptors (Lipinski definition) is 3. The van der Waals surface area contributed by atoms with Gasteiger partial charge >= 0.3 is 0 Å². The molecular weight excluding hydrogens is 262 g/mol. The smallest absolute Gasteiger partial charge is 0.136 e. The molecule has 0 saturated carbocycles. The van der Waals surface area contributed by atoms with E-state index in [2.05, 4.69) is 38.6 Å². The first-order valence-electron chi connectivity index (χ1n) is 7.02. The molecule has 0 fully saturated rings. The zero-order chi connectivity index (χ0) is 14.1. The van der Waals surface area contributed by atoms with Crippen molar-refractivity contribution >= 4 is 5.84 Å². The largest absolute Gasteiger partial charge is 0.279 e. The van der Waals surface area contributed by atoms with E-state index in [1.807, 2.05) is 29.2 Å². The number of aromatic nitrogens is 3. The van der Waals surface area contributed by atoms with Crippen LogP contribution in [0.15, 0.2) is 59.5 Å². The SMILES string of the molecule is C1=CCC(CN=C2Cc3ncc(-c4cccnc4)n3N2)=C1. The Kier molecular flexibility index (Phi) is 2.88. The predicted octanol–water partition coefficient (Wildman–Crippen LogP) is 2.33. The number of nitrogens with one attached hydrogen (secondary N) is 1. The molecule has 0 atom stereocenters. The molecule has 1 aliphatic carbocycles. The van der Waals surface area contributed by atoms with Crippen molar-refractivity contribution in [2.45, 2.75) is 12.8 Å². The summed E-state index contributed by atoms with van der Waals surface area (Å²) in [5.41, 5.74) is 6.75. The minimum absolute atomic E-state index is 0.751. The van der Waals surface area contributed by atoms with Crippen LogP contribution < -0.4 is 5.43 Å². The number of allylic oxidation sites excluding steroid dienone is 3. The van der Waals surface area contributed by atoms with E-state index in [4.69, 9.17) is 0 Å². The highest BCUT2D eigenvalue weighted by atomic mass is 15.5. The van der Waals surface area contributed by atoms with E-state index in [1.165, 1.54) is 5.57 Å². The molecule has 4 rings (SSSR count). The van der Waals surface area contributed by atoms with E-state index in [-0.39, 0.29) is 0 Å². The lowest BCUT2D eigenvalue weighted by Crippen LogP contribution is -2.16. The summed E-state index contributed by atoms with van der Waals surface area (Å²) in [6, 6.07) is 3.96. The lowest BCUT2D eigenvalue weighted by molar-refractivity contribution is 0.954. The van der Waals surface area contributed by atoms with Crippen LogP contribution in [-0.4, -0.2) is 27.0 Å². The van der Waals surface area contributed by atoms with Crippen molar-refractivity contribution in [1.82, 2.24) is 14.6 Å². The number of nitrogens with zero attached hydrogens (tertiary/aromatic N) is 4. The number of aliphatic imine (C=N–C) groups is 1. The van der Waals surface area contributed by atoms with E-state index < -0.39 is 0 Å². The summed E-state index contributed by atoms with van der Waals surface area (Å²) in [6.45, 7) is 0.752. The molecule has 5 heteroatoms. The number of hydrogen-bond donors (Lipinski definition) is 1. The first-order chi connectivity index (χ1) is 10.4. The van der Waals surface area contributed by atoms with Crippen molar-refractivity contribution in [1.29, 1.82) is 0 Å². The van der Waals surface area contributed by atoms with Crippen LogP contribution in [0.1, 0.15) is 12.2 Å². The molecule has 0 saturated heterocycles. The molecule has 104 valence electrons. The van der Waals surface area contributed by atoms with Crippen molar-refractivity contribution in [3.8, 4) is 11.3 Å². The average molecular weight is 277 g/mol. The number of amidine groups is 1. The molecule has 0 unspecified atom stereocenters. The van der Waals surface area contributed by atoms with Gasteiger partial charge in [0.15, 0.2) is 0 Å².